The molecule has 62 valence electrons. The second kappa shape index (κ2) is 4.69. The number of carbonyl (C=O) groups is 1. The standard InChI is InChI=1S/C7H13N3O/c1-6(5-7(9)11)10(2)4-3-8/h6H,4-5H2,1-2H3,(H2,9,11). The third-order valence-electron chi connectivity index (χ3n) is 1.57. The summed E-state index contributed by atoms with van der Waals surface area (Å²) in [5, 5.41) is 8.31. The molecule has 0 fully saturated rings. The molecule has 4 heteroatoms. The SMILES string of the molecule is CC(CC(N)=O)N(C)CC#N. The molecular weight excluding hydrogens is 142 g/mol. The van der Waals surface area contributed by atoms with Crippen LogP contribution in [0.3, 0.4) is 0 Å². The van der Waals surface area contributed by atoms with Crippen LogP contribution in [0.2, 0.25) is 0 Å². The molecule has 1 unspecified atom stereocenters. The third-order valence-corrected chi connectivity index (χ3v) is 1.57. The molecule has 4 nitrogen and oxygen atoms in total. The summed E-state index contributed by atoms with van der Waals surface area (Å²) in [7, 11) is 1.79. The molecule has 0 aliphatic rings. The minimum atomic E-state index is -0.331. The minimum Gasteiger partial charge on any atom is -0.370 e. The highest BCUT2D eigenvalue weighted by atomic mass is 16.1. The summed E-state index contributed by atoms with van der Waals surface area (Å²) < 4.78 is 0. The largest absolute Gasteiger partial charge is 0.370 e. The van der Waals surface area contributed by atoms with Crippen molar-refractivity contribution in [3.63, 3.8) is 0 Å². The highest BCUT2D eigenvalue weighted by molar-refractivity contribution is 5.74. The lowest BCUT2D eigenvalue weighted by Crippen LogP contribution is -2.33. The van der Waals surface area contributed by atoms with Gasteiger partial charge in [-0.05, 0) is 14.0 Å². The molecule has 0 heterocycles. The van der Waals surface area contributed by atoms with Crippen molar-refractivity contribution in [2.75, 3.05) is 13.6 Å². The third kappa shape index (κ3) is 4.34. The van der Waals surface area contributed by atoms with Crippen LogP contribution in [0.5, 0.6) is 0 Å². The number of hydrogen-bond donors (Lipinski definition) is 1. The molecule has 1 atom stereocenters. The van der Waals surface area contributed by atoms with E-state index >= 15 is 0 Å². The Labute approximate surface area is 66.6 Å². The molecule has 11 heavy (non-hydrogen) atoms. The summed E-state index contributed by atoms with van der Waals surface area (Å²) >= 11 is 0. The van der Waals surface area contributed by atoms with Gasteiger partial charge < -0.3 is 5.73 Å². The van der Waals surface area contributed by atoms with E-state index in [1.807, 2.05) is 13.0 Å². The predicted octanol–water partition coefficient (Wildman–Crippen LogP) is -0.294. The first kappa shape index (κ1) is 9.92. The number of nitrogens with zero attached hydrogens (tertiary/aromatic N) is 2. The summed E-state index contributed by atoms with van der Waals surface area (Å²) in [6, 6.07) is 2.04. The van der Waals surface area contributed by atoms with Crippen molar-refractivity contribution < 1.29 is 4.79 Å². The molecule has 0 aromatic carbocycles. The fourth-order valence-corrected chi connectivity index (χ4v) is 0.714. The van der Waals surface area contributed by atoms with Crippen molar-refractivity contribution in [3.8, 4) is 6.07 Å². The number of nitrogens with two attached hydrogens (primary N) is 1. The molecule has 2 N–H and O–H groups in total. The van der Waals surface area contributed by atoms with E-state index in [0.717, 1.165) is 0 Å². The zero-order valence-corrected chi connectivity index (χ0v) is 6.87. The van der Waals surface area contributed by atoms with E-state index in [1.54, 1.807) is 11.9 Å². The molecular formula is C7H13N3O. The highest BCUT2D eigenvalue weighted by Gasteiger charge is 2.10. The fraction of sp³-hybridized carbons (Fsp3) is 0.714. The van der Waals surface area contributed by atoms with E-state index in [1.165, 1.54) is 0 Å². The van der Waals surface area contributed by atoms with Gasteiger partial charge in [0.15, 0.2) is 0 Å². The Bertz CT molecular complexity index is 173. The molecule has 0 bridgehead atoms. The second-order valence-electron chi connectivity index (χ2n) is 2.59. The van der Waals surface area contributed by atoms with Crippen molar-refractivity contribution in [2.24, 2.45) is 5.73 Å². The van der Waals surface area contributed by atoms with Crippen LogP contribution in [0.1, 0.15) is 13.3 Å². The number of rotatable bonds is 4. The lowest BCUT2D eigenvalue weighted by atomic mass is 10.2. The Morgan fingerprint density at radius 3 is 2.73 bits per heavy atom. The van der Waals surface area contributed by atoms with Gasteiger partial charge in [0.1, 0.15) is 0 Å². The maximum absolute atomic E-state index is 10.4. The maximum atomic E-state index is 10.4. The smallest absolute Gasteiger partial charge is 0.218 e. The molecule has 0 saturated heterocycles. The average molecular weight is 155 g/mol. The summed E-state index contributed by atoms with van der Waals surface area (Å²) in [5.74, 6) is -0.331. The number of carbonyl (C=O) groups excluding carboxylic acids is 1. The van der Waals surface area contributed by atoms with E-state index in [-0.39, 0.29) is 11.9 Å². The second-order valence-corrected chi connectivity index (χ2v) is 2.59. The van der Waals surface area contributed by atoms with Crippen molar-refractivity contribution >= 4 is 5.91 Å². The Balaban J connectivity index is 3.74. The van der Waals surface area contributed by atoms with Crippen LogP contribution >= 0.6 is 0 Å². The summed E-state index contributed by atoms with van der Waals surface area (Å²) in [5.41, 5.74) is 4.98. The summed E-state index contributed by atoms with van der Waals surface area (Å²) in [6.45, 7) is 2.19. The van der Waals surface area contributed by atoms with Gasteiger partial charge in [-0.1, -0.05) is 0 Å². The molecule has 0 aliphatic heterocycles. The summed E-state index contributed by atoms with van der Waals surface area (Å²) in [6.07, 6.45) is 0.304. The average Bonchev–Trinajstić information content (AvgIpc) is 1.86. The quantitative estimate of drug-likeness (QED) is 0.567. The van der Waals surface area contributed by atoms with E-state index in [4.69, 9.17) is 11.0 Å². The number of nitriles is 1. The molecule has 0 aliphatic carbocycles. The van der Waals surface area contributed by atoms with Gasteiger partial charge in [-0.3, -0.25) is 9.69 Å². The summed E-state index contributed by atoms with van der Waals surface area (Å²) in [4.78, 5) is 12.2. The molecule has 0 spiro atoms. The van der Waals surface area contributed by atoms with Gasteiger partial charge in [0.25, 0.3) is 0 Å². The Kier molecular flexibility index (Phi) is 4.23. The lowest BCUT2D eigenvalue weighted by Gasteiger charge is -2.19. The van der Waals surface area contributed by atoms with Crippen LogP contribution in [-0.4, -0.2) is 30.4 Å². The Morgan fingerprint density at radius 1 is 1.82 bits per heavy atom. The monoisotopic (exact) mass is 155 g/mol. The molecule has 0 rings (SSSR count). The first-order chi connectivity index (χ1) is 5.07. The van der Waals surface area contributed by atoms with Gasteiger partial charge in [-0.2, -0.15) is 5.26 Å². The van der Waals surface area contributed by atoms with Gasteiger partial charge in [0.05, 0.1) is 12.6 Å². The van der Waals surface area contributed by atoms with Gasteiger partial charge in [-0.15, -0.1) is 0 Å². The maximum Gasteiger partial charge on any atom is 0.218 e. The van der Waals surface area contributed by atoms with Crippen LogP contribution in [-0.2, 0) is 4.79 Å². The molecule has 0 aromatic rings. The van der Waals surface area contributed by atoms with Crippen molar-refractivity contribution in [1.82, 2.24) is 4.90 Å². The molecule has 0 radical (unpaired) electrons. The Morgan fingerprint density at radius 2 is 2.36 bits per heavy atom. The first-order valence-corrected chi connectivity index (χ1v) is 3.43. The van der Waals surface area contributed by atoms with Gasteiger partial charge >= 0.3 is 0 Å². The van der Waals surface area contributed by atoms with E-state index < -0.39 is 0 Å². The van der Waals surface area contributed by atoms with Gasteiger partial charge in [0.2, 0.25) is 5.91 Å². The fourth-order valence-electron chi connectivity index (χ4n) is 0.714. The number of amides is 1. The zero-order chi connectivity index (χ0) is 8.85. The van der Waals surface area contributed by atoms with E-state index in [9.17, 15) is 4.79 Å². The van der Waals surface area contributed by atoms with Crippen LogP contribution in [0, 0.1) is 11.3 Å². The Hall–Kier alpha value is -1.08. The van der Waals surface area contributed by atoms with E-state index in [2.05, 4.69) is 0 Å². The zero-order valence-electron chi connectivity index (χ0n) is 6.87. The lowest BCUT2D eigenvalue weighted by molar-refractivity contribution is -0.118. The van der Waals surface area contributed by atoms with Crippen LogP contribution in [0.4, 0.5) is 0 Å². The number of hydrogen-bond acceptors (Lipinski definition) is 3. The predicted molar refractivity (Wildman–Crippen MR) is 41.5 cm³/mol. The normalized spacial score (nSPS) is 12.5. The van der Waals surface area contributed by atoms with Crippen molar-refractivity contribution in [3.05, 3.63) is 0 Å². The molecule has 1 amide bonds. The highest BCUT2D eigenvalue weighted by Crippen LogP contribution is 1.98. The molecule has 0 aromatic heterocycles. The van der Waals surface area contributed by atoms with Gasteiger partial charge in [-0.25, -0.2) is 0 Å². The van der Waals surface area contributed by atoms with Crippen LogP contribution in [0.15, 0.2) is 0 Å². The van der Waals surface area contributed by atoms with E-state index in [0.29, 0.717) is 13.0 Å². The first-order valence-electron chi connectivity index (χ1n) is 3.43. The van der Waals surface area contributed by atoms with Crippen molar-refractivity contribution in [2.45, 2.75) is 19.4 Å². The van der Waals surface area contributed by atoms with Gasteiger partial charge in [0, 0.05) is 12.5 Å². The number of primary amides is 1. The topological polar surface area (TPSA) is 70.1 Å². The van der Waals surface area contributed by atoms with Crippen LogP contribution < -0.4 is 5.73 Å². The molecule has 0 saturated carbocycles. The van der Waals surface area contributed by atoms with Crippen molar-refractivity contribution in [1.29, 1.82) is 5.26 Å². The van der Waals surface area contributed by atoms with Crippen LogP contribution in [0.25, 0.3) is 0 Å². The minimum absolute atomic E-state index is 0.0483.